The van der Waals surface area contributed by atoms with Crippen LogP contribution in [0, 0.1) is 11.3 Å². The molecule has 1 aliphatic rings. The molecule has 9 nitrogen and oxygen atoms in total. The summed E-state index contributed by atoms with van der Waals surface area (Å²) in [5, 5.41) is 2.50. The number of alkyl carbamates (subject to hydrolysis) is 1. The molecule has 1 heterocycles. The summed E-state index contributed by atoms with van der Waals surface area (Å²) in [6.45, 7) is 6.85. The number of rotatable bonds is 8. The molecule has 0 bridgehead atoms. The van der Waals surface area contributed by atoms with Gasteiger partial charge >= 0.3 is 24.0 Å². The first-order valence-electron chi connectivity index (χ1n) is 9.78. The van der Waals surface area contributed by atoms with Gasteiger partial charge in [0.25, 0.3) is 0 Å². The van der Waals surface area contributed by atoms with E-state index in [1.807, 2.05) is 29.5 Å². The Morgan fingerprint density at radius 1 is 1.26 bits per heavy atom. The molecule has 0 aromatic heterocycles. The zero-order valence-corrected chi connectivity index (χ0v) is 20.0. The Hall–Kier alpha value is -2.21. The lowest BCUT2D eigenvalue weighted by atomic mass is 9.73. The third kappa shape index (κ3) is 5.53. The molecular formula is C21H26INO8. The topological polar surface area (TPSA) is 117 Å². The van der Waals surface area contributed by atoms with Gasteiger partial charge < -0.3 is 14.8 Å². The van der Waals surface area contributed by atoms with Gasteiger partial charge in [-0.2, -0.15) is 4.89 Å². The van der Waals surface area contributed by atoms with Crippen LogP contribution in [0.5, 0.6) is 0 Å². The van der Waals surface area contributed by atoms with Crippen LogP contribution in [0.1, 0.15) is 50.9 Å². The van der Waals surface area contributed by atoms with Gasteiger partial charge in [-0.1, -0.05) is 38.5 Å². The summed E-state index contributed by atoms with van der Waals surface area (Å²) >= 11 is 1.91. The molecule has 2 rings (SSSR count). The fourth-order valence-electron chi connectivity index (χ4n) is 3.37. The summed E-state index contributed by atoms with van der Waals surface area (Å²) in [7, 11) is 0. The minimum atomic E-state index is -1.65. The van der Waals surface area contributed by atoms with Gasteiger partial charge in [-0.15, -0.1) is 0 Å². The Morgan fingerprint density at radius 2 is 1.90 bits per heavy atom. The number of hydrogen-bond acceptors (Lipinski definition) is 8. The van der Waals surface area contributed by atoms with Crippen molar-refractivity contribution in [1.29, 1.82) is 0 Å². The number of carbonyl (C=O) groups is 4. The van der Waals surface area contributed by atoms with Crippen molar-refractivity contribution in [2.75, 3.05) is 4.61 Å². The number of esters is 2. The quantitative estimate of drug-likeness (QED) is 0.173. The smallest absolute Gasteiger partial charge is 0.416 e. The maximum Gasteiger partial charge on any atom is 0.416 e. The lowest BCUT2D eigenvalue weighted by molar-refractivity contribution is -0.266. The Morgan fingerprint density at radius 3 is 2.48 bits per heavy atom. The molecule has 1 aromatic rings. The zero-order chi connectivity index (χ0) is 23.2. The average molecular weight is 547 g/mol. The van der Waals surface area contributed by atoms with Crippen molar-refractivity contribution in [1.82, 2.24) is 5.32 Å². The molecule has 0 spiro atoms. The fourth-order valence-corrected chi connectivity index (χ4v) is 3.65. The Balaban J connectivity index is 2.27. The number of amides is 1. The molecule has 1 amide bonds. The van der Waals surface area contributed by atoms with Gasteiger partial charge in [-0.3, -0.25) is 9.68 Å². The van der Waals surface area contributed by atoms with E-state index in [-0.39, 0.29) is 16.6 Å². The summed E-state index contributed by atoms with van der Waals surface area (Å²) in [4.78, 5) is 60.0. The lowest BCUT2D eigenvalue weighted by Gasteiger charge is -2.36. The lowest BCUT2D eigenvalue weighted by Crippen LogP contribution is -2.63. The van der Waals surface area contributed by atoms with Crippen molar-refractivity contribution < 1.29 is 38.4 Å². The minimum Gasteiger partial charge on any atom is -0.455 e. The number of nitrogens with one attached hydrogen (secondary N) is 1. The summed E-state index contributed by atoms with van der Waals surface area (Å²) < 4.78 is 10.1. The maximum atomic E-state index is 12.8. The first-order valence-corrected chi connectivity index (χ1v) is 11.3. The highest BCUT2D eigenvalue weighted by Gasteiger charge is 2.60. The molecule has 1 aliphatic heterocycles. The highest BCUT2D eigenvalue weighted by atomic mass is 127. The van der Waals surface area contributed by atoms with Gasteiger partial charge in [0, 0.05) is 0 Å². The van der Waals surface area contributed by atoms with Gasteiger partial charge in [0.05, 0.1) is 11.0 Å². The SMILES string of the molecule is CCC(C)[C@]1(NC(=O)OC(=O)c2ccccc2)C(=O)OOC1CC(C)(C)C(=O)OCI. The largest absolute Gasteiger partial charge is 0.455 e. The maximum absolute atomic E-state index is 12.8. The monoisotopic (exact) mass is 547 g/mol. The fraction of sp³-hybridized carbons (Fsp3) is 0.524. The molecule has 0 radical (unpaired) electrons. The van der Waals surface area contributed by atoms with Crippen LogP contribution in [-0.4, -0.2) is 40.3 Å². The third-order valence-electron chi connectivity index (χ3n) is 5.41. The van der Waals surface area contributed by atoms with E-state index in [0.717, 1.165) is 0 Å². The van der Waals surface area contributed by atoms with Crippen LogP contribution in [0.25, 0.3) is 0 Å². The molecule has 10 heteroatoms. The second-order valence-electron chi connectivity index (χ2n) is 7.93. The van der Waals surface area contributed by atoms with Crippen LogP contribution in [-0.2, 0) is 28.8 Å². The van der Waals surface area contributed by atoms with E-state index in [1.165, 1.54) is 12.1 Å². The first kappa shape index (κ1) is 25.1. The van der Waals surface area contributed by atoms with E-state index < -0.39 is 47.0 Å². The molecule has 1 N–H and O–H groups in total. The number of alkyl halides is 1. The molecule has 3 atom stereocenters. The van der Waals surface area contributed by atoms with Crippen LogP contribution < -0.4 is 5.32 Å². The van der Waals surface area contributed by atoms with Crippen molar-refractivity contribution in [2.24, 2.45) is 11.3 Å². The summed E-state index contributed by atoms with van der Waals surface area (Å²) in [6, 6.07) is 7.97. The van der Waals surface area contributed by atoms with Crippen LogP contribution >= 0.6 is 22.6 Å². The van der Waals surface area contributed by atoms with Gasteiger partial charge in [-0.05, 0) is 60.9 Å². The van der Waals surface area contributed by atoms with E-state index in [9.17, 15) is 19.2 Å². The van der Waals surface area contributed by atoms with Crippen molar-refractivity contribution in [3.63, 3.8) is 0 Å². The van der Waals surface area contributed by atoms with E-state index in [1.54, 1.807) is 39.0 Å². The average Bonchev–Trinajstić information content (AvgIpc) is 3.03. The Labute approximate surface area is 194 Å². The van der Waals surface area contributed by atoms with Crippen LogP contribution in [0.3, 0.4) is 0 Å². The number of carbonyl (C=O) groups excluding carboxylic acids is 4. The van der Waals surface area contributed by atoms with Crippen molar-refractivity contribution in [3.05, 3.63) is 35.9 Å². The predicted molar refractivity (Wildman–Crippen MR) is 117 cm³/mol. The molecular weight excluding hydrogens is 521 g/mol. The van der Waals surface area contributed by atoms with Gasteiger partial charge in [0.2, 0.25) is 0 Å². The molecule has 1 fully saturated rings. The summed E-state index contributed by atoms with van der Waals surface area (Å²) in [6.07, 6.45) is -1.63. The molecule has 0 aliphatic carbocycles. The molecule has 170 valence electrons. The normalized spacial score (nSPS) is 21.7. The summed E-state index contributed by atoms with van der Waals surface area (Å²) in [5.41, 5.74) is -2.50. The van der Waals surface area contributed by atoms with Crippen LogP contribution in [0.15, 0.2) is 30.3 Å². The van der Waals surface area contributed by atoms with Crippen LogP contribution in [0.2, 0.25) is 0 Å². The molecule has 0 saturated carbocycles. The highest BCUT2D eigenvalue weighted by Crippen LogP contribution is 2.40. The third-order valence-corrected chi connectivity index (χ3v) is 5.72. The van der Waals surface area contributed by atoms with Crippen molar-refractivity contribution in [3.8, 4) is 0 Å². The minimum absolute atomic E-state index is 0.0193. The molecule has 31 heavy (non-hydrogen) atoms. The van der Waals surface area contributed by atoms with Gasteiger partial charge in [0.15, 0.2) is 5.54 Å². The van der Waals surface area contributed by atoms with E-state index >= 15 is 0 Å². The van der Waals surface area contributed by atoms with Crippen molar-refractivity contribution >= 4 is 46.6 Å². The van der Waals surface area contributed by atoms with Crippen LogP contribution in [0.4, 0.5) is 4.79 Å². The Kier molecular flexibility index (Phi) is 8.41. The second kappa shape index (κ2) is 10.4. The molecule has 1 aromatic carbocycles. The first-order chi connectivity index (χ1) is 14.6. The number of hydrogen-bond donors (Lipinski definition) is 1. The summed E-state index contributed by atoms with van der Waals surface area (Å²) in [5.74, 6) is -2.63. The molecule has 1 saturated heterocycles. The van der Waals surface area contributed by atoms with E-state index in [2.05, 4.69) is 5.32 Å². The second-order valence-corrected chi connectivity index (χ2v) is 8.55. The number of halogens is 1. The van der Waals surface area contributed by atoms with Gasteiger partial charge in [-0.25, -0.2) is 14.4 Å². The zero-order valence-electron chi connectivity index (χ0n) is 17.8. The molecule has 2 unspecified atom stereocenters. The van der Waals surface area contributed by atoms with Crippen molar-refractivity contribution in [2.45, 2.75) is 52.2 Å². The standard InChI is InChI=1S/C21H26INO8/c1-5-13(2)21(23-19(27)29-16(24)14-9-7-6-8-10-14)15(30-31-18(21)26)11-20(3,4)17(25)28-12-22/h6-10,13,15H,5,11-12H2,1-4H3,(H,23,27)/t13?,15?,21-/m1/s1. The number of ether oxygens (including phenoxy) is 2. The number of benzene rings is 1. The van der Waals surface area contributed by atoms with E-state index in [4.69, 9.17) is 19.2 Å². The Bertz CT molecular complexity index is 828. The van der Waals surface area contributed by atoms with E-state index in [0.29, 0.717) is 6.42 Å². The predicted octanol–water partition coefficient (Wildman–Crippen LogP) is 3.55. The highest BCUT2D eigenvalue weighted by molar-refractivity contribution is 14.1. The van der Waals surface area contributed by atoms with Gasteiger partial charge in [0.1, 0.15) is 10.7 Å².